The van der Waals surface area contributed by atoms with Crippen LogP contribution in [-0.4, -0.2) is 45.3 Å². The summed E-state index contributed by atoms with van der Waals surface area (Å²) in [5, 5.41) is 7.72. The average Bonchev–Trinajstić information content (AvgIpc) is 2.45. The van der Waals surface area contributed by atoms with Crippen molar-refractivity contribution in [1.82, 2.24) is 15.1 Å². The minimum absolute atomic E-state index is 0.0185. The molecule has 3 rings (SSSR count). The number of hydrogen-bond acceptors (Lipinski definition) is 4. The van der Waals surface area contributed by atoms with Crippen molar-refractivity contribution in [2.24, 2.45) is 5.92 Å². The predicted octanol–water partition coefficient (Wildman–Crippen LogP) is 2.29. The van der Waals surface area contributed by atoms with Gasteiger partial charge in [-0.1, -0.05) is 0 Å². The maximum Gasteiger partial charge on any atom is 0.274 e. The Morgan fingerprint density at radius 3 is 2.90 bits per heavy atom. The van der Waals surface area contributed by atoms with E-state index in [4.69, 9.17) is 4.74 Å². The first-order valence-electron chi connectivity index (χ1n) is 7.67. The number of amides is 1. The highest BCUT2D eigenvalue weighted by Crippen LogP contribution is 2.43. The van der Waals surface area contributed by atoms with Crippen molar-refractivity contribution in [2.75, 3.05) is 13.1 Å². The van der Waals surface area contributed by atoms with Gasteiger partial charge >= 0.3 is 0 Å². The van der Waals surface area contributed by atoms with Crippen LogP contribution < -0.4 is 0 Å². The second-order valence-corrected chi connectivity index (χ2v) is 7.02. The van der Waals surface area contributed by atoms with E-state index < -0.39 is 0 Å². The van der Waals surface area contributed by atoms with Crippen LogP contribution in [0.3, 0.4) is 0 Å². The Hall–Kier alpha value is -1.49. The molecule has 0 unspecified atom stereocenters. The number of piperidine rings is 1. The Kier molecular flexibility index (Phi) is 3.48. The molecule has 2 fully saturated rings. The molecule has 2 aliphatic heterocycles. The molecule has 2 atom stereocenters. The number of hydrogen-bond donors (Lipinski definition) is 0. The minimum Gasteiger partial charge on any atom is -0.369 e. The zero-order valence-corrected chi connectivity index (χ0v) is 13.0. The quantitative estimate of drug-likeness (QED) is 0.796. The Morgan fingerprint density at radius 1 is 1.38 bits per heavy atom. The van der Waals surface area contributed by atoms with Gasteiger partial charge in [-0.15, -0.1) is 5.10 Å². The van der Waals surface area contributed by atoms with Crippen LogP contribution in [0, 0.1) is 5.92 Å². The van der Waals surface area contributed by atoms with Crippen LogP contribution in [0.4, 0.5) is 0 Å². The molecule has 0 bridgehead atoms. The van der Waals surface area contributed by atoms with Gasteiger partial charge in [-0.3, -0.25) is 4.79 Å². The van der Waals surface area contributed by atoms with Crippen molar-refractivity contribution >= 4 is 5.91 Å². The van der Waals surface area contributed by atoms with E-state index in [-0.39, 0.29) is 17.1 Å². The van der Waals surface area contributed by atoms with Gasteiger partial charge in [0.2, 0.25) is 0 Å². The van der Waals surface area contributed by atoms with Crippen LogP contribution in [0.1, 0.15) is 50.5 Å². The second-order valence-electron chi connectivity index (χ2n) is 7.02. The zero-order valence-electron chi connectivity index (χ0n) is 13.0. The molecule has 0 aromatic carbocycles. The number of rotatable bonds is 1. The number of carbonyl (C=O) groups excluding carboxylic acids is 1. The molecule has 5 heteroatoms. The van der Waals surface area contributed by atoms with E-state index in [0.29, 0.717) is 11.6 Å². The standard InChI is InChI=1S/C16H23N3O2/c1-15(2)7-6-12-11-19(10-8-16(12,3)21-15)14(20)13-5-4-9-17-18-13/h4-5,9,12H,6-8,10-11H2,1-3H3/t12-,16+/m0/s1. The van der Waals surface area contributed by atoms with Crippen molar-refractivity contribution in [1.29, 1.82) is 0 Å². The normalized spacial score (nSPS) is 31.6. The van der Waals surface area contributed by atoms with E-state index in [1.165, 1.54) is 0 Å². The number of likely N-dealkylation sites (tertiary alicyclic amines) is 1. The summed E-state index contributed by atoms with van der Waals surface area (Å²) in [4.78, 5) is 14.4. The summed E-state index contributed by atoms with van der Waals surface area (Å²) in [6.45, 7) is 7.99. The SMILES string of the molecule is CC1(C)CC[C@H]2CN(C(=O)c3cccnn3)CC[C@@]2(C)O1. The lowest BCUT2D eigenvalue weighted by Gasteiger charge is -2.53. The third kappa shape index (κ3) is 2.79. The molecule has 0 radical (unpaired) electrons. The van der Waals surface area contributed by atoms with Gasteiger partial charge in [0, 0.05) is 25.2 Å². The van der Waals surface area contributed by atoms with E-state index in [9.17, 15) is 4.79 Å². The van der Waals surface area contributed by atoms with Gasteiger partial charge in [0.25, 0.3) is 5.91 Å². The predicted molar refractivity (Wildman–Crippen MR) is 78.8 cm³/mol. The molecule has 0 aliphatic carbocycles. The molecule has 1 aromatic rings. The third-order valence-corrected chi connectivity index (χ3v) is 4.87. The Morgan fingerprint density at radius 2 is 2.19 bits per heavy atom. The van der Waals surface area contributed by atoms with Crippen LogP contribution in [-0.2, 0) is 4.74 Å². The lowest BCUT2D eigenvalue weighted by Crippen LogP contribution is -2.58. The lowest BCUT2D eigenvalue weighted by atomic mass is 9.74. The number of aromatic nitrogens is 2. The highest BCUT2D eigenvalue weighted by atomic mass is 16.5. The fraction of sp³-hybridized carbons (Fsp3) is 0.688. The topological polar surface area (TPSA) is 55.3 Å². The Labute approximate surface area is 125 Å². The fourth-order valence-electron chi connectivity index (χ4n) is 3.61. The van der Waals surface area contributed by atoms with Crippen molar-refractivity contribution in [3.63, 3.8) is 0 Å². The molecule has 0 N–H and O–H groups in total. The molecule has 2 aliphatic rings. The molecule has 21 heavy (non-hydrogen) atoms. The van der Waals surface area contributed by atoms with Crippen molar-refractivity contribution in [3.05, 3.63) is 24.0 Å². The van der Waals surface area contributed by atoms with Gasteiger partial charge in [0.05, 0.1) is 11.2 Å². The molecule has 0 saturated carbocycles. The lowest BCUT2D eigenvalue weighted by molar-refractivity contribution is -0.210. The van der Waals surface area contributed by atoms with Gasteiger partial charge in [0.15, 0.2) is 5.69 Å². The first-order valence-corrected chi connectivity index (χ1v) is 7.67. The highest BCUT2D eigenvalue weighted by molar-refractivity contribution is 5.92. The molecule has 5 nitrogen and oxygen atoms in total. The molecule has 2 saturated heterocycles. The zero-order chi connectivity index (χ0) is 15.1. The fourth-order valence-corrected chi connectivity index (χ4v) is 3.61. The maximum atomic E-state index is 12.5. The summed E-state index contributed by atoms with van der Waals surface area (Å²) in [5.41, 5.74) is 0.265. The molecule has 114 valence electrons. The van der Waals surface area contributed by atoms with Gasteiger partial charge in [-0.2, -0.15) is 5.10 Å². The van der Waals surface area contributed by atoms with Gasteiger partial charge < -0.3 is 9.64 Å². The number of ether oxygens (including phenoxy) is 1. The Balaban J connectivity index is 1.72. The molecular weight excluding hydrogens is 266 g/mol. The van der Waals surface area contributed by atoms with Gasteiger partial charge in [-0.25, -0.2) is 0 Å². The van der Waals surface area contributed by atoms with E-state index in [2.05, 4.69) is 31.0 Å². The minimum atomic E-state index is -0.110. The smallest absolute Gasteiger partial charge is 0.274 e. The van der Waals surface area contributed by atoms with Gasteiger partial charge in [0.1, 0.15) is 0 Å². The van der Waals surface area contributed by atoms with Crippen LogP contribution in [0.15, 0.2) is 18.3 Å². The van der Waals surface area contributed by atoms with E-state index in [1.807, 2.05) is 4.90 Å². The van der Waals surface area contributed by atoms with Crippen LogP contribution in [0.5, 0.6) is 0 Å². The van der Waals surface area contributed by atoms with E-state index >= 15 is 0 Å². The summed E-state index contributed by atoms with van der Waals surface area (Å²) in [6.07, 6.45) is 4.61. The summed E-state index contributed by atoms with van der Waals surface area (Å²) < 4.78 is 6.33. The molecular formula is C16H23N3O2. The summed E-state index contributed by atoms with van der Waals surface area (Å²) in [7, 11) is 0. The first-order chi connectivity index (χ1) is 9.90. The summed E-state index contributed by atoms with van der Waals surface area (Å²) >= 11 is 0. The van der Waals surface area contributed by atoms with E-state index in [0.717, 1.165) is 32.4 Å². The number of fused-ring (bicyclic) bond motifs is 1. The molecule has 1 aromatic heterocycles. The number of nitrogens with zero attached hydrogens (tertiary/aromatic N) is 3. The summed E-state index contributed by atoms with van der Waals surface area (Å²) in [5.74, 6) is 0.384. The first kappa shape index (κ1) is 14.4. The van der Waals surface area contributed by atoms with Crippen LogP contribution >= 0.6 is 0 Å². The van der Waals surface area contributed by atoms with Crippen LogP contribution in [0.25, 0.3) is 0 Å². The Bertz CT molecular complexity index is 532. The number of carbonyl (C=O) groups is 1. The monoisotopic (exact) mass is 289 g/mol. The van der Waals surface area contributed by atoms with E-state index in [1.54, 1.807) is 18.3 Å². The highest BCUT2D eigenvalue weighted by Gasteiger charge is 2.48. The average molecular weight is 289 g/mol. The van der Waals surface area contributed by atoms with Crippen molar-refractivity contribution < 1.29 is 9.53 Å². The second kappa shape index (κ2) is 5.05. The molecule has 1 amide bonds. The van der Waals surface area contributed by atoms with Crippen molar-refractivity contribution in [3.8, 4) is 0 Å². The molecule has 3 heterocycles. The van der Waals surface area contributed by atoms with Gasteiger partial charge in [-0.05, 0) is 52.2 Å². The molecule has 0 spiro atoms. The van der Waals surface area contributed by atoms with Crippen molar-refractivity contribution in [2.45, 2.75) is 51.2 Å². The maximum absolute atomic E-state index is 12.5. The summed E-state index contributed by atoms with van der Waals surface area (Å²) in [6, 6.07) is 3.48. The van der Waals surface area contributed by atoms with Crippen LogP contribution in [0.2, 0.25) is 0 Å². The third-order valence-electron chi connectivity index (χ3n) is 4.87. The largest absolute Gasteiger partial charge is 0.369 e.